The highest BCUT2D eigenvalue weighted by atomic mass is 32.2. The van der Waals surface area contributed by atoms with E-state index in [0.29, 0.717) is 5.75 Å². The Hall–Kier alpha value is -1.11. The number of hydrogen-bond donors (Lipinski definition) is 0. The largest absolute Gasteiger partial charge is 0.488 e. The maximum absolute atomic E-state index is 11.2. The fourth-order valence-electron chi connectivity index (χ4n) is 1.18. The van der Waals surface area contributed by atoms with Gasteiger partial charge >= 0.3 is 0 Å². The van der Waals surface area contributed by atoms with Crippen LogP contribution in [0.15, 0.2) is 29.2 Å². The van der Waals surface area contributed by atoms with Crippen molar-refractivity contribution in [2.45, 2.75) is 11.2 Å². The molecule has 5 nitrogen and oxygen atoms in total. The molecule has 1 aromatic carbocycles. The smallest absolute Gasteiger partial charge is 0.191 e. The van der Waals surface area contributed by atoms with Gasteiger partial charge in [-0.25, -0.2) is 8.42 Å². The van der Waals surface area contributed by atoms with Crippen LogP contribution in [0, 0.1) is 0 Å². The number of ether oxygens (including phenoxy) is 3. The lowest BCUT2D eigenvalue weighted by atomic mass is 10.3. The molecule has 0 N–H and O–H groups in total. The summed E-state index contributed by atoms with van der Waals surface area (Å²) in [6, 6.07) is 6.19. The van der Waals surface area contributed by atoms with E-state index in [2.05, 4.69) is 0 Å². The van der Waals surface area contributed by atoms with Gasteiger partial charge in [-0.3, -0.25) is 0 Å². The van der Waals surface area contributed by atoms with Crippen LogP contribution in [-0.2, 0) is 19.3 Å². The fourth-order valence-corrected chi connectivity index (χ4v) is 1.81. The van der Waals surface area contributed by atoms with Gasteiger partial charge in [0.15, 0.2) is 16.1 Å². The van der Waals surface area contributed by atoms with Crippen LogP contribution in [-0.4, -0.2) is 41.8 Å². The van der Waals surface area contributed by atoms with Crippen molar-refractivity contribution < 1.29 is 22.6 Å². The van der Waals surface area contributed by atoms with Gasteiger partial charge < -0.3 is 14.2 Å². The van der Waals surface area contributed by atoms with Crippen LogP contribution in [0.3, 0.4) is 0 Å². The van der Waals surface area contributed by atoms with E-state index >= 15 is 0 Å². The molecule has 0 saturated heterocycles. The third kappa shape index (κ3) is 4.33. The van der Waals surface area contributed by atoms with E-state index in [0.717, 1.165) is 6.26 Å². The molecule has 17 heavy (non-hydrogen) atoms. The molecule has 0 atom stereocenters. The van der Waals surface area contributed by atoms with E-state index in [1.807, 2.05) is 0 Å². The second-order valence-corrected chi connectivity index (χ2v) is 5.47. The summed E-state index contributed by atoms with van der Waals surface area (Å²) in [5.74, 6) is 0.566. The lowest BCUT2D eigenvalue weighted by Gasteiger charge is -2.14. The van der Waals surface area contributed by atoms with Gasteiger partial charge in [0.25, 0.3) is 0 Å². The Kier molecular flexibility index (Phi) is 4.92. The van der Waals surface area contributed by atoms with Gasteiger partial charge in [-0.05, 0) is 24.3 Å². The standard InChI is InChI=1S/C11H16O5S/c1-14-11(15-2)8-16-9-4-6-10(7-5-9)17(3,12)13/h4-7,11H,8H2,1-3H3. The summed E-state index contributed by atoms with van der Waals surface area (Å²) in [6.45, 7) is 0.241. The summed E-state index contributed by atoms with van der Waals surface area (Å²) in [4.78, 5) is 0.264. The molecule has 0 aromatic heterocycles. The topological polar surface area (TPSA) is 61.8 Å². The number of hydrogen-bond acceptors (Lipinski definition) is 5. The van der Waals surface area contributed by atoms with Gasteiger partial charge in [0.05, 0.1) is 4.90 Å². The Morgan fingerprint density at radius 3 is 2.06 bits per heavy atom. The Morgan fingerprint density at radius 2 is 1.65 bits per heavy atom. The van der Waals surface area contributed by atoms with E-state index in [4.69, 9.17) is 14.2 Å². The third-order valence-corrected chi connectivity index (χ3v) is 3.29. The zero-order chi connectivity index (χ0) is 12.9. The zero-order valence-electron chi connectivity index (χ0n) is 10.0. The molecule has 1 aromatic rings. The molecule has 6 heteroatoms. The maximum Gasteiger partial charge on any atom is 0.191 e. The van der Waals surface area contributed by atoms with Gasteiger partial charge in [0, 0.05) is 20.5 Å². The van der Waals surface area contributed by atoms with E-state index in [9.17, 15) is 8.42 Å². The summed E-state index contributed by atoms with van der Waals surface area (Å²) in [6.07, 6.45) is 0.721. The third-order valence-electron chi connectivity index (χ3n) is 2.16. The monoisotopic (exact) mass is 260 g/mol. The van der Waals surface area contributed by atoms with Gasteiger partial charge in [0.2, 0.25) is 0 Å². The average molecular weight is 260 g/mol. The molecule has 96 valence electrons. The lowest BCUT2D eigenvalue weighted by molar-refractivity contribution is -0.121. The average Bonchev–Trinajstić information content (AvgIpc) is 2.30. The molecule has 0 aliphatic rings. The molecule has 0 radical (unpaired) electrons. The van der Waals surface area contributed by atoms with E-state index in [1.54, 1.807) is 12.1 Å². The summed E-state index contributed by atoms with van der Waals surface area (Å²) in [5.41, 5.74) is 0. The van der Waals surface area contributed by atoms with Gasteiger partial charge in [-0.15, -0.1) is 0 Å². The lowest BCUT2D eigenvalue weighted by Crippen LogP contribution is -2.21. The normalized spacial score (nSPS) is 11.8. The molecular weight excluding hydrogens is 244 g/mol. The quantitative estimate of drug-likeness (QED) is 0.716. The van der Waals surface area contributed by atoms with Crippen molar-refractivity contribution in [2.75, 3.05) is 27.1 Å². The zero-order valence-corrected chi connectivity index (χ0v) is 10.9. The van der Waals surface area contributed by atoms with Gasteiger partial charge in [0.1, 0.15) is 12.4 Å². The van der Waals surface area contributed by atoms with E-state index in [1.165, 1.54) is 26.4 Å². The van der Waals surface area contributed by atoms with Gasteiger partial charge in [-0.2, -0.15) is 0 Å². The number of benzene rings is 1. The molecule has 0 aliphatic carbocycles. The summed E-state index contributed by atoms with van der Waals surface area (Å²) < 4.78 is 37.7. The minimum atomic E-state index is -3.17. The first-order chi connectivity index (χ1) is 7.97. The minimum absolute atomic E-state index is 0.241. The molecular formula is C11H16O5S. The molecule has 0 unspecified atom stereocenters. The molecule has 0 saturated carbocycles. The predicted molar refractivity (Wildman–Crippen MR) is 62.9 cm³/mol. The number of rotatable bonds is 6. The van der Waals surface area contributed by atoms with Crippen LogP contribution < -0.4 is 4.74 Å². The van der Waals surface area contributed by atoms with Crippen LogP contribution in [0.5, 0.6) is 5.75 Å². The summed E-state index contributed by atoms with van der Waals surface area (Å²) >= 11 is 0. The van der Waals surface area contributed by atoms with E-state index < -0.39 is 16.1 Å². The second kappa shape index (κ2) is 6.00. The van der Waals surface area contributed by atoms with Crippen LogP contribution in [0.25, 0.3) is 0 Å². The molecule has 0 aliphatic heterocycles. The SMILES string of the molecule is COC(COc1ccc(S(C)(=O)=O)cc1)OC. The van der Waals surface area contributed by atoms with Crippen molar-refractivity contribution in [3.05, 3.63) is 24.3 Å². The summed E-state index contributed by atoms with van der Waals surface area (Å²) in [7, 11) is -0.129. The molecule has 0 fully saturated rings. The first-order valence-corrected chi connectivity index (χ1v) is 6.85. The Balaban J connectivity index is 2.63. The van der Waals surface area contributed by atoms with Crippen LogP contribution in [0.2, 0.25) is 0 Å². The Bertz CT molecular complexity index is 433. The Morgan fingerprint density at radius 1 is 1.12 bits per heavy atom. The summed E-state index contributed by atoms with van der Waals surface area (Å²) in [5, 5.41) is 0. The highest BCUT2D eigenvalue weighted by Crippen LogP contribution is 2.16. The van der Waals surface area contributed by atoms with Crippen molar-refractivity contribution in [3.63, 3.8) is 0 Å². The first kappa shape index (κ1) is 14.0. The van der Waals surface area contributed by atoms with E-state index in [-0.39, 0.29) is 11.5 Å². The van der Waals surface area contributed by atoms with Crippen LogP contribution >= 0.6 is 0 Å². The van der Waals surface area contributed by atoms with Crippen molar-refractivity contribution in [1.82, 2.24) is 0 Å². The second-order valence-electron chi connectivity index (χ2n) is 3.46. The number of methoxy groups -OCH3 is 2. The van der Waals surface area contributed by atoms with Crippen molar-refractivity contribution in [3.8, 4) is 5.75 Å². The minimum Gasteiger partial charge on any atom is -0.488 e. The highest BCUT2D eigenvalue weighted by Gasteiger charge is 2.08. The molecule has 0 spiro atoms. The molecule has 0 heterocycles. The van der Waals surface area contributed by atoms with Gasteiger partial charge in [-0.1, -0.05) is 0 Å². The van der Waals surface area contributed by atoms with Crippen LogP contribution in [0.1, 0.15) is 0 Å². The van der Waals surface area contributed by atoms with Crippen molar-refractivity contribution in [2.24, 2.45) is 0 Å². The molecule has 1 rings (SSSR count). The molecule has 0 amide bonds. The Labute approximate surface area is 101 Å². The first-order valence-electron chi connectivity index (χ1n) is 4.96. The van der Waals surface area contributed by atoms with Crippen LogP contribution in [0.4, 0.5) is 0 Å². The maximum atomic E-state index is 11.2. The molecule has 0 bridgehead atoms. The van der Waals surface area contributed by atoms with Crippen molar-refractivity contribution >= 4 is 9.84 Å². The van der Waals surface area contributed by atoms with Crippen molar-refractivity contribution in [1.29, 1.82) is 0 Å². The number of sulfone groups is 1. The predicted octanol–water partition coefficient (Wildman–Crippen LogP) is 1.09. The highest BCUT2D eigenvalue weighted by molar-refractivity contribution is 7.90. The fraction of sp³-hybridized carbons (Fsp3) is 0.455.